The molecule has 2 aromatic rings. The molecule has 0 saturated heterocycles. The molecule has 2 nitrogen and oxygen atoms in total. The number of carboxylic acids is 1. The van der Waals surface area contributed by atoms with E-state index in [0.29, 0.717) is 5.56 Å². The second kappa shape index (κ2) is 4.48. The van der Waals surface area contributed by atoms with Gasteiger partial charge in [0, 0.05) is 17.4 Å². The summed E-state index contributed by atoms with van der Waals surface area (Å²) in [5, 5.41) is 11.0. The Morgan fingerprint density at radius 2 is 1.80 bits per heavy atom. The van der Waals surface area contributed by atoms with Crippen molar-refractivity contribution in [3.05, 3.63) is 47.5 Å². The largest absolute Gasteiger partial charge is 0.478 e. The number of hydrogen-bond acceptors (Lipinski definition) is 1. The molecule has 0 bridgehead atoms. The molecule has 0 atom stereocenters. The van der Waals surface area contributed by atoms with E-state index in [1.807, 2.05) is 37.3 Å². The van der Waals surface area contributed by atoms with Crippen molar-refractivity contribution < 1.29 is 9.90 Å². The first-order chi connectivity index (χ1) is 6.70. The molecule has 15 heavy (non-hydrogen) atoms. The molecule has 0 amide bonds. The van der Waals surface area contributed by atoms with Crippen molar-refractivity contribution in [1.29, 1.82) is 0 Å². The SMILES string of the molecule is Cc1c(C(=O)O)ccc2ccccc12.[Al]. The molecule has 0 heterocycles. The lowest BCUT2D eigenvalue weighted by Crippen LogP contribution is -1.99. The van der Waals surface area contributed by atoms with Gasteiger partial charge in [-0.15, -0.1) is 0 Å². The van der Waals surface area contributed by atoms with Crippen LogP contribution in [0.2, 0.25) is 0 Å². The van der Waals surface area contributed by atoms with Crippen LogP contribution in [-0.4, -0.2) is 28.4 Å². The number of benzene rings is 2. The highest BCUT2D eigenvalue weighted by Crippen LogP contribution is 2.21. The quantitative estimate of drug-likeness (QED) is 0.739. The lowest BCUT2D eigenvalue weighted by atomic mass is 10.0. The third-order valence-corrected chi connectivity index (χ3v) is 2.43. The van der Waals surface area contributed by atoms with Gasteiger partial charge in [-0.25, -0.2) is 4.79 Å². The zero-order valence-electron chi connectivity index (χ0n) is 8.40. The number of aromatic carboxylic acids is 1. The lowest BCUT2D eigenvalue weighted by molar-refractivity contribution is 0.0696. The zero-order chi connectivity index (χ0) is 10.1. The monoisotopic (exact) mass is 213 g/mol. The Balaban J connectivity index is 0.00000112. The van der Waals surface area contributed by atoms with Crippen LogP contribution in [0.3, 0.4) is 0 Å². The van der Waals surface area contributed by atoms with E-state index < -0.39 is 5.97 Å². The van der Waals surface area contributed by atoms with E-state index in [4.69, 9.17) is 5.11 Å². The molecular weight excluding hydrogens is 203 g/mol. The number of hydrogen-bond donors (Lipinski definition) is 1. The molecule has 1 N–H and O–H groups in total. The maximum Gasteiger partial charge on any atom is 0.335 e. The molecule has 3 heteroatoms. The molecule has 2 rings (SSSR count). The number of carboxylic acid groups (broad SMARTS) is 1. The maximum atomic E-state index is 10.9. The summed E-state index contributed by atoms with van der Waals surface area (Å²) in [6.07, 6.45) is 0. The van der Waals surface area contributed by atoms with Gasteiger partial charge in [-0.1, -0.05) is 30.3 Å². The van der Waals surface area contributed by atoms with Crippen LogP contribution < -0.4 is 0 Å². The molecule has 0 saturated carbocycles. The van der Waals surface area contributed by atoms with E-state index in [9.17, 15) is 4.79 Å². The van der Waals surface area contributed by atoms with E-state index >= 15 is 0 Å². The zero-order valence-corrected chi connectivity index (χ0v) is 9.55. The van der Waals surface area contributed by atoms with Gasteiger partial charge in [0.15, 0.2) is 0 Å². The van der Waals surface area contributed by atoms with E-state index in [1.165, 1.54) is 0 Å². The number of rotatable bonds is 1. The van der Waals surface area contributed by atoms with Crippen molar-refractivity contribution in [3.8, 4) is 0 Å². The fourth-order valence-corrected chi connectivity index (χ4v) is 1.66. The minimum Gasteiger partial charge on any atom is -0.478 e. The van der Waals surface area contributed by atoms with Crippen LogP contribution in [0.15, 0.2) is 36.4 Å². The van der Waals surface area contributed by atoms with Gasteiger partial charge in [-0.05, 0) is 29.3 Å². The Morgan fingerprint density at radius 3 is 2.47 bits per heavy atom. The van der Waals surface area contributed by atoms with Crippen LogP contribution >= 0.6 is 0 Å². The van der Waals surface area contributed by atoms with Crippen LogP contribution in [0.4, 0.5) is 0 Å². The van der Waals surface area contributed by atoms with Gasteiger partial charge >= 0.3 is 5.97 Å². The molecule has 0 aliphatic rings. The standard InChI is InChI=1S/C12H10O2.Al/c1-8-10-5-3-2-4-9(10)6-7-11(8)12(13)14;/h2-7H,1H3,(H,13,14);. The minimum absolute atomic E-state index is 0. The van der Waals surface area contributed by atoms with Crippen molar-refractivity contribution in [2.75, 3.05) is 0 Å². The Morgan fingerprint density at radius 1 is 1.13 bits per heavy atom. The summed E-state index contributed by atoms with van der Waals surface area (Å²) in [4.78, 5) is 10.9. The predicted molar refractivity (Wildman–Crippen MR) is 61.4 cm³/mol. The highest BCUT2D eigenvalue weighted by molar-refractivity contribution is 5.97. The topological polar surface area (TPSA) is 37.3 Å². The van der Waals surface area contributed by atoms with Crippen LogP contribution in [0.1, 0.15) is 15.9 Å². The first-order valence-corrected chi connectivity index (χ1v) is 4.42. The molecule has 0 unspecified atom stereocenters. The predicted octanol–water partition coefficient (Wildman–Crippen LogP) is 2.47. The number of carbonyl (C=O) groups is 1. The highest BCUT2D eigenvalue weighted by Gasteiger charge is 2.08. The van der Waals surface area contributed by atoms with Gasteiger partial charge in [0.2, 0.25) is 0 Å². The van der Waals surface area contributed by atoms with E-state index in [2.05, 4.69) is 0 Å². The van der Waals surface area contributed by atoms with E-state index in [-0.39, 0.29) is 17.4 Å². The average molecular weight is 213 g/mol. The Kier molecular flexibility index (Phi) is 3.52. The van der Waals surface area contributed by atoms with Crippen LogP contribution in [-0.2, 0) is 0 Å². The van der Waals surface area contributed by atoms with Crippen LogP contribution in [0.5, 0.6) is 0 Å². The maximum absolute atomic E-state index is 10.9. The number of aryl methyl sites for hydroxylation is 1. The Hall–Kier alpha value is -1.30. The summed E-state index contributed by atoms with van der Waals surface area (Å²) in [5.74, 6) is -0.867. The average Bonchev–Trinajstić information content (AvgIpc) is 2.18. The molecule has 0 aliphatic heterocycles. The summed E-state index contributed by atoms with van der Waals surface area (Å²) < 4.78 is 0. The smallest absolute Gasteiger partial charge is 0.335 e. The first kappa shape index (κ1) is 11.8. The summed E-state index contributed by atoms with van der Waals surface area (Å²) >= 11 is 0. The summed E-state index contributed by atoms with van der Waals surface area (Å²) in [6.45, 7) is 1.84. The fraction of sp³-hybridized carbons (Fsp3) is 0.0833. The fourth-order valence-electron chi connectivity index (χ4n) is 1.66. The molecular formula is C12H10AlO2. The second-order valence-corrected chi connectivity index (χ2v) is 3.26. The van der Waals surface area contributed by atoms with Crippen LogP contribution in [0.25, 0.3) is 10.8 Å². The molecule has 3 radical (unpaired) electrons. The van der Waals surface area contributed by atoms with Crippen molar-refractivity contribution in [2.24, 2.45) is 0 Å². The molecule has 2 aromatic carbocycles. The molecule has 0 aliphatic carbocycles. The highest BCUT2D eigenvalue weighted by atomic mass is 27.0. The van der Waals surface area contributed by atoms with Crippen molar-refractivity contribution >= 4 is 34.1 Å². The van der Waals surface area contributed by atoms with Crippen molar-refractivity contribution in [3.63, 3.8) is 0 Å². The van der Waals surface area contributed by atoms with Gasteiger partial charge < -0.3 is 5.11 Å². The Bertz CT molecular complexity index is 506. The molecule has 0 fully saturated rings. The molecule has 73 valence electrons. The number of fused-ring (bicyclic) bond motifs is 1. The lowest BCUT2D eigenvalue weighted by Gasteiger charge is -2.04. The molecule has 0 aromatic heterocycles. The Labute approximate surface area is 98.7 Å². The van der Waals surface area contributed by atoms with Crippen LogP contribution in [0, 0.1) is 6.92 Å². The summed E-state index contributed by atoms with van der Waals surface area (Å²) in [5.41, 5.74) is 1.21. The third-order valence-electron chi connectivity index (χ3n) is 2.43. The van der Waals surface area contributed by atoms with Gasteiger partial charge in [-0.2, -0.15) is 0 Å². The van der Waals surface area contributed by atoms with Crippen molar-refractivity contribution in [1.82, 2.24) is 0 Å². The van der Waals surface area contributed by atoms with E-state index in [0.717, 1.165) is 16.3 Å². The summed E-state index contributed by atoms with van der Waals surface area (Å²) in [7, 11) is 0. The van der Waals surface area contributed by atoms with Gasteiger partial charge in [0.1, 0.15) is 0 Å². The first-order valence-electron chi connectivity index (χ1n) is 4.42. The van der Waals surface area contributed by atoms with E-state index in [1.54, 1.807) is 6.07 Å². The minimum atomic E-state index is -0.867. The third kappa shape index (κ3) is 2.04. The van der Waals surface area contributed by atoms with Gasteiger partial charge in [-0.3, -0.25) is 0 Å². The molecule has 0 spiro atoms. The van der Waals surface area contributed by atoms with Gasteiger partial charge in [0.25, 0.3) is 0 Å². The second-order valence-electron chi connectivity index (χ2n) is 3.26. The summed E-state index contributed by atoms with van der Waals surface area (Å²) in [6, 6.07) is 11.3. The van der Waals surface area contributed by atoms with Crippen molar-refractivity contribution in [2.45, 2.75) is 6.92 Å². The van der Waals surface area contributed by atoms with Gasteiger partial charge in [0.05, 0.1) is 5.56 Å². The normalized spacial score (nSPS) is 9.67.